The van der Waals surface area contributed by atoms with Crippen LogP contribution in [0.5, 0.6) is 5.75 Å². The zero-order valence-corrected chi connectivity index (χ0v) is 16.8. The molecule has 1 amide bonds. The number of carbonyl (C=O) groups is 1. The molecule has 1 rings (SSSR count). The zero-order chi connectivity index (χ0) is 18.2. The van der Waals surface area contributed by atoms with E-state index >= 15 is 0 Å². The van der Waals surface area contributed by atoms with E-state index in [0.717, 1.165) is 16.1 Å². The average Bonchev–Trinajstić information content (AvgIpc) is 2.44. The first-order valence-corrected chi connectivity index (χ1v) is 12.3. The van der Waals surface area contributed by atoms with Crippen LogP contribution in [0.2, 0.25) is 25.7 Å². The zero-order valence-electron chi connectivity index (χ0n) is 14.2. The molecule has 0 atom stereocenters. The second kappa shape index (κ2) is 9.98. The van der Waals surface area contributed by atoms with E-state index in [1.807, 2.05) is 0 Å². The Labute approximate surface area is 151 Å². The molecule has 1 aromatic carbocycles. The number of rotatable bonds is 9. The number of amides is 1. The number of halogens is 3. The van der Waals surface area contributed by atoms with E-state index in [2.05, 4.69) is 40.9 Å². The molecular weight excluding hydrogens is 400 g/mol. The molecule has 0 unspecified atom stereocenters. The fraction of sp³-hybridized carbons (Fsp3) is 0.562. The molecule has 0 radical (unpaired) electrons. The van der Waals surface area contributed by atoms with Crippen LogP contribution in [0.15, 0.2) is 22.7 Å². The lowest BCUT2D eigenvalue weighted by molar-refractivity contribution is 0.0814. The summed E-state index contributed by atoms with van der Waals surface area (Å²) in [5.41, 5.74) is 0.743. The predicted octanol–water partition coefficient (Wildman–Crippen LogP) is 4.70. The van der Waals surface area contributed by atoms with Crippen LogP contribution >= 0.6 is 15.9 Å². The Morgan fingerprint density at radius 2 is 2.04 bits per heavy atom. The molecule has 0 aliphatic carbocycles. The number of ether oxygens (including phenoxy) is 2. The van der Waals surface area contributed by atoms with Gasteiger partial charge in [0.15, 0.2) is 0 Å². The summed E-state index contributed by atoms with van der Waals surface area (Å²) in [4.78, 5) is 11.6. The Kier molecular flexibility index (Phi) is 8.69. The van der Waals surface area contributed by atoms with Gasteiger partial charge < -0.3 is 14.8 Å². The van der Waals surface area contributed by atoms with Crippen LogP contribution in [-0.2, 0) is 11.2 Å². The molecule has 0 bridgehead atoms. The Balaban J connectivity index is 2.43. The number of hydrogen-bond donors (Lipinski definition) is 1. The smallest absolute Gasteiger partial charge is 0.407 e. The van der Waals surface area contributed by atoms with Crippen LogP contribution in [-0.4, -0.2) is 40.4 Å². The molecule has 4 nitrogen and oxygen atoms in total. The van der Waals surface area contributed by atoms with Crippen molar-refractivity contribution < 1.29 is 23.0 Å². The van der Waals surface area contributed by atoms with Gasteiger partial charge in [-0.15, -0.1) is 0 Å². The maximum atomic E-state index is 12.3. The first kappa shape index (κ1) is 20.9. The monoisotopic (exact) mass is 423 g/mol. The molecule has 0 aromatic heterocycles. The Hall–Kier alpha value is -1.15. The highest BCUT2D eigenvalue weighted by Crippen LogP contribution is 2.24. The van der Waals surface area contributed by atoms with Crippen LogP contribution in [0.1, 0.15) is 5.56 Å². The van der Waals surface area contributed by atoms with Crippen molar-refractivity contribution in [3.63, 3.8) is 0 Å². The molecule has 1 N–H and O–H groups in total. The van der Waals surface area contributed by atoms with Gasteiger partial charge in [-0.05, 0) is 36.2 Å². The quantitative estimate of drug-likeness (QED) is 0.585. The molecule has 1 aromatic rings. The molecule has 8 heteroatoms. The molecule has 0 aliphatic rings. The molecule has 0 fully saturated rings. The summed E-state index contributed by atoms with van der Waals surface area (Å²) in [6.07, 6.45) is -2.53. The predicted molar refractivity (Wildman–Crippen MR) is 96.8 cm³/mol. The van der Waals surface area contributed by atoms with Gasteiger partial charge in [-0.1, -0.05) is 35.6 Å². The Bertz CT molecular complexity index is 539. The number of benzene rings is 1. The van der Waals surface area contributed by atoms with Crippen molar-refractivity contribution in [3.8, 4) is 5.75 Å². The Morgan fingerprint density at radius 1 is 1.33 bits per heavy atom. The number of nitrogens with one attached hydrogen (secondary N) is 1. The van der Waals surface area contributed by atoms with Crippen molar-refractivity contribution in [3.05, 3.63) is 28.2 Å². The molecule has 0 aliphatic heterocycles. The van der Waals surface area contributed by atoms with Crippen molar-refractivity contribution in [2.24, 2.45) is 0 Å². The van der Waals surface area contributed by atoms with Gasteiger partial charge in [0, 0.05) is 19.1 Å². The second-order valence-electron chi connectivity index (χ2n) is 6.58. The van der Waals surface area contributed by atoms with Gasteiger partial charge in [0.1, 0.15) is 12.4 Å². The topological polar surface area (TPSA) is 47.6 Å². The number of alkyl carbamates (subject to hydrolysis) is 1. The van der Waals surface area contributed by atoms with Crippen LogP contribution in [0.25, 0.3) is 0 Å². The minimum absolute atomic E-state index is 0.341. The highest BCUT2D eigenvalue weighted by molar-refractivity contribution is 9.10. The fourth-order valence-electron chi connectivity index (χ4n) is 1.84. The van der Waals surface area contributed by atoms with Crippen LogP contribution in [0.3, 0.4) is 0 Å². The molecule has 0 saturated heterocycles. The van der Waals surface area contributed by atoms with Crippen molar-refractivity contribution in [2.45, 2.75) is 38.5 Å². The highest BCUT2D eigenvalue weighted by Gasteiger charge is 2.14. The average molecular weight is 424 g/mol. The van der Waals surface area contributed by atoms with Gasteiger partial charge in [-0.25, -0.2) is 13.6 Å². The largest absolute Gasteiger partial charge is 0.487 e. The maximum Gasteiger partial charge on any atom is 0.407 e. The lowest BCUT2D eigenvalue weighted by Gasteiger charge is -2.15. The summed E-state index contributed by atoms with van der Waals surface area (Å²) in [6, 6.07) is 6.06. The van der Waals surface area contributed by atoms with Gasteiger partial charge in [0.2, 0.25) is 0 Å². The van der Waals surface area contributed by atoms with Crippen molar-refractivity contribution in [2.75, 3.05) is 19.8 Å². The van der Waals surface area contributed by atoms with E-state index in [1.54, 1.807) is 18.2 Å². The van der Waals surface area contributed by atoms with Gasteiger partial charge in [-0.3, -0.25) is 0 Å². The number of hydrogen-bond acceptors (Lipinski definition) is 3. The third-order valence-electron chi connectivity index (χ3n) is 3.14. The molecule has 0 saturated carbocycles. The minimum atomic E-state index is -2.53. The summed E-state index contributed by atoms with van der Waals surface area (Å²) in [5.74, 6) is 0.396. The van der Waals surface area contributed by atoms with E-state index < -0.39 is 27.2 Å². The van der Waals surface area contributed by atoms with Crippen molar-refractivity contribution in [1.29, 1.82) is 0 Å². The van der Waals surface area contributed by atoms with Crippen LogP contribution in [0.4, 0.5) is 13.6 Å². The summed E-state index contributed by atoms with van der Waals surface area (Å²) >= 11 is 3.34. The van der Waals surface area contributed by atoms with Crippen LogP contribution in [0, 0.1) is 0 Å². The van der Waals surface area contributed by atoms with Gasteiger partial charge >= 0.3 is 6.09 Å². The summed E-state index contributed by atoms with van der Waals surface area (Å²) in [7, 11) is -1.23. The van der Waals surface area contributed by atoms with Crippen molar-refractivity contribution in [1.82, 2.24) is 5.32 Å². The van der Waals surface area contributed by atoms with E-state index in [1.165, 1.54) is 0 Å². The second-order valence-corrected chi connectivity index (χ2v) is 13.1. The van der Waals surface area contributed by atoms with Gasteiger partial charge in [0.25, 0.3) is 6.43 Å². The fourth-order valence-corrected chi connectivity index (χ4v) is 2.96. The normalized spacial score (nSPS) is 11.5. The van der Waals surface area contributed by atoms with E-state index in [9.17, 15) is 13.6 Å². The minimum Gasteiger partial charge on any atom is -0.487 e. The van der Waals surface area contributed by atoms with E-state index in [4.69, 9.17) is 9.47 Å². The SMILES string of the molecule is C[Si](C)(C)CCOC(=O)NCCc1cc(Br)ccc1OCC(F)F. The first-order valence-electron chi connectivity index (χ1n) is 7.77. The molecular formula is C16H24BrF2NO3Si. The number of alkyl halides is 2. The molecule has 0 spiro atoms. The Morgan fingerprint density at radius 3 is 2.67 bits per heavy atom. The molecule has 24 heavy (non-hydrogen) atoms. The summed E-state index contributed by atoms with van der Waals surface area (Å²) in [6.45, 7) is 6.74. The van der Waals surface area contributed by atoms with E-state index in [0.29, 0.717) is 25.3 Å². The standard InChI is InChI=1S/C16H24BrF2NO3Si/c1-24(2,3)9-8-22-16(21)20-7-6-12-10-13(17)4-5-14(12)23-11-15(18)19/h4-5,10,15H,6-9,11H2,1-3H3,(H,20,21). The summed E-state index contributed by atoms with van der Waals surface area (Å²) < 4.78 is 35.6. The van der Waals surface area contributed by atoms with Crippen molar-refractivity contribution >= 4 is 30.1 Å². The lowest BCUT2D eigenvalue weighted by atomic mass is 10.1. The summed E-state index contributed by atoms with van der Waals surface area (Å²) in [5, 5.41) is 2.66. The maximum absolute atomic E-state index is 12.3. The van der Waals surface area contributed by atoms with Crippen LogP contribution < -0.4 is 10.1 Å². The third kappa shape index (κ3) is 9.22. The highest BCUT2D eigenvalue weighted by atomic mass is 79.9. The van der Waals surface area contributed by atoms with E-state index in [-0.39, 0.29) is 0 Å². The van der Waals surface area contributed by atoms with Gasteiger partial charge in [-0.2, -0.15) is 0 Å². The molecule has 136 valence electrons. The first-order chi connectivity index (χ1) is 11.2. The van der Waals surface area contributed by atoms with Gasteiger partial charge in [0.05, 0.1) is 6.61 Å². The lowest BCUT2D eigenvalue weighted by Crippen LogP contribution is -2.29. The third-order valence-corrected chi connectivity index (χ3v) is 5.33. The molecule has 0 heterocycles. The number of carbonyl (C=O) groups excluding carboxylic acids is 1.